The lowest BCUT2D eigenvalue weighted by atomic mass is 10.0. The third-order valence-corrected chi connectivity index (χ3v) is 12.2. The molecule has 0 aromatic heterocycles. The number of rotatable bonds is 46. The highest BCUT2D eigenvalue weighted by molar-refractivity contribution is 7.45. The number of nitrogens with one attached hydrogen (secondary N) is 1. The maximum Gasteiger partial charge on any atom is 0.268 e. The van der Waals surface area contributed by atoms with Crippen LogP contribution >= 0.6 is 7.82 Å². The lowest BCUT2D eigenvalue weighted by Gasteiger charge is -2.29. The third kappa shape index (κ3) is 46.3. The first-order valence-electron chi connectivity index (χ1n) is 25.5. The molecule has 0 rings (SSSR count). The van der Waals surface area contributed by atoms with Crippen LogP contribution in [0.1, 0.15) is 226 Å². The summed E-state index contributed by atoms with van der Waals surface area (Å²) in [6.07, 6.45) is 56.0. The summed E-state index contributed by atoms with van der Waals surface area (Å²) in [6.45, 7) is 4.62. The number of hydrogen-bond acceptors (Lipinski definition) is 6. The molecule has 2 N–H and O–H groups in total. The second-order valence-corrected chi connectivity index (χ2v) is 19.9. The fraction of sp³-hybridized carbons (Fsp3) is 0.827. The molecule has 0 aliphatic rings. The molecule has 61 heavy (non-hydrogen) atoms. The molecule has 0 spiro atoms. The van der Waals surface area contributed by atoms with E-state index in [2.05, 4.69) is 55.6 Å². The molecular weight excluding hydrogens is 780 g/mol. The molecule has 0 saturated heterocycles. The molecule has 0 radical (unpaired) electrons. The summed E-state index contributed by atoms with van der Waals surface area (Å²) < 4.78 is 23.2. The van der Waals surface area contributed by atoms with Gasteiger partial charge in [-0.05, 0) is 70.6 Å². The topological polar surface area (TPSA) is 108 Å². The van der Waals surface area contributed by atoms with Gasteiger partial charge in [0.15, 0.2) is 0 Å². The van der Waals surface area contributed by atoms with Gasteiger partial charge < -0.3 is 28.8 Å². The second-order valence-electron chi connectivity index (χ2n) is 18.5. The highest BCUT2D eigenvalue weighted by atomic mass is 31.2. The predicted octanol–water partition coefficient (Wildman–Crippen LogP) is 14.2. The van der Waals surface area contributed by atoms with E-state index in [4.69, 9.17) is 9.05 Å². The minimum absolute atomic E-state index is 0.00997. The van der Waals surface area contributed by atoms with Gasteiger partial charge in [0.1, 0.15) is 13.2 Å². The van der Waals surface area contributed by atoms with Gasteiger partial charge in [0, 0.05) is 6.42 Å². The quantitative estimate of drug-likeness (QED) is 0.0273. The number of unbranched alkanes of at least 4 members (excludes halogenated alkanes) is 27. The van der Waals surface area contributed by atoms with E-state index in [1.54, 1.807) is 6.08 Å². The molecule has 8 nitrogen and oxygen atoms in total. The number of aliphatic hydroxyl groups excluding tert-OH is 1. The van der Waals surface area contributed by atoms with Crippen LogP contribution in [0.15, 0.2) is 48.6 Å². The van der Waals surface area contributed by atoms with Crippen LogP contribution in [0, 0.1) is 0 Å². The molecule has 3 unspecified atom stereocenters. The van der Waals surface area contributed by atoms with Crippen molar-refractivity contribution in [3.63, 3.8) is 0 Å². The Kier molecular flexibility index (Phi) is 42.6. The Bertz CT molecular complexity index is 1130. The van der Waals surface area contributed by atoms with Crippen molar-refractivity contribution in [2.75, 3.05) is 40.9 Å². The van der Waals surface area contributed by atoms with Crippen molar-refractivity contribution in [3.8, 4) is 0 Å². The number of aliphatic hydroxyl groups is 1. The van der Waals surface area contributed by atoms with E-state index < -0.39 is 26.6 Å². The largest absolute Gasteiger partial charge is 0.756 e. The number of allylic oxidation sites excluding steroid dienone is 7. The van der Waals surface area contributed by atoms with Crippen LogP contribution in [-0.4, -0.2) is 68.5 Å². The fourth-order valence-electron chi connectivity index (χ4n) is 7.18. The number of amides is 1. The molecule has 0 heterocycles. The number of nitrogens with zero attached hydrogens (tertiary/aromatic N) is 1. The first kappa shape index (κ1) is 59.5. The van der Waals surface area contributed by atoms with Gasteiger partial charge in [-0.1, -0.05) is 197 Å². The average Bonchev–Trinajstić information content (AvgIpc) is 3.21. The molecule has 0 fully saturated rings. The van der Waals surface area contributed by atoms with Gasteiger partial charge in [-0.2, -0.15) is 0 Å². The lowest BCUT2D eigenvalue weighted by molar-refractivity contribution is -0.870. The van der Waals surface area contributed by atoms with Crippen molar-refractivity contribution < 1.29 is 32.9 Å². The van der Waals surface area contributed by atoms with Crippen LogP contribution in [0.5, 0.6) is 0 Å². The summed E-state index contributed by atoms with van der Waals surface area (Å²) in [5, 5.41) is 13.8. The molecule has 0 saturated carbocycles. The van der Waals surface area contributed by atoms with Gasteiger partial charge in [-0.25, -0.2) is 0 Å². The Hall–Kier alpha value is -1.54. The summed E-state index contributed by atoms with van der Waals surface area (Å²) in [5.74, 6) is -0.214. The molecule has 0 aliphatic heterocycles. The number of quaternary nitrogens is 1. The number of likely N-dealkylation sites (N-methyl/N-ethyl adjacent to an activating group) is 1. The van der Waals surface area contributed by atoms with E-state index in [-0.39, 0.29) is 12.5 Å². The number of carbonyl (C=O) groups excluding carboxylic acids is 1. The van der Waals surface area contributed by atoms with Gasteiger partial charge in [-0.15, -0.1) is 0 Å². The lowest BCUT2D eigenvalue weighted by Crippen LogP contribution is -2.45. The van der Waals surface area contributed by atoms with Crippen molar-refractivity contribution >= 4 is 13.7 Å². The Morgan fingerprint density at radius 3 is 1.33 bits per heavy atom. The van der Waals surface area contributed by atoms with Gasteiger partial charge in [0.05, 0.1) is 39.9 Å². The monoisotopic (exact) mass is 879 g/mol. The van der Waals surface area contributed by atoms with E-state index in [1.807, 2.05) is 27.2 Å². The van der Waals surface area contributed by atoms with E-state index in [9.17, 15) is 19.4 Å². The molecular formula is C52H99N2O6P. The summed E-state index contributed by atoms with van der Waals surface area (Å²) in [6, 6.07) is -0.911. The normalized spacial score (nSPS) is 14.5. The molecule has 1 amide bonds. The number of phosphoric ester groups is 1. The smallest absolute Gasteiger partial charge is 0.268 e. The standard InChI is InChI=1S/C52H99N2O6P/c1-6-8-10-12-14-16-18-20-22-24-26-27-28-30-32-34-36-38-40-42-44-46-52(56)53-50(49-60-61(57,58)59-48-47-54(3,4)5)51(55)45-43-41-39-37-35-33-31-29-25-23-21-19-17-15-13-11-9-7-2/h24-26,29,35,37,43,45,50-51,55H,6-23,27-28,30-34,36,38-42,44,46-49H2,1-5H3,(H-,53,56,57,58)/b26-24-,29-25+,37-35+,45-43+. The van der Waals surface area contributed by atoms with Crippen molar-refractivity contribution in [3.05, 3.63) is 48.6 Å². The SMILES string of the molecule is CCCCCCCCCC/C=C\CCCCCCCCCCCC(=O)NC(COP(=O)([O-])OCC[N+](C)(C)C)C(O)/C=C/CC/C=C/CC/C=C/CCCCCCCCCC. The van der Waals surface area contributed by atoms with Gasteiger partial charge in [-0.3, -0.25) is 9.36 Å². The Morgan fingerprint density at radius 2 is 0.918 bits per heavy atom. The third-order valence-electron chi connectivity index (χ3n) is 11.2. The highest BCUT2D eigenvalue weighted by Gasteiger charge is 2.23. The highest BCUT2D eigenvalue weighted by Crippen LogP contribution is 2.38. The minimum atomic E-state index is -4.60. The van der Waals surface area contributed by atoms with Gasteiger partial charge in [0.25, 0.3) is 7.82 Å². The van der Waals surface area contributed by atoms with E-state index >= 15 is 0 Å². The van der Waals surface area contributed by atoms with E-state index in [1.165, 1.54) is 161 Å². The van der Waals surface area contributed by atoms with Crippen LogP contribution in [0.4, 0.5) is 0 Å². The van der Waals surface area contributed by atoms with Gasteiger partial charge in [0.2, 0.25) is 5.91 Å². The molecule has 0 aliphatic carbocycles. The number of phosphoric acid groups is 1. The molecule has 9 heteroatoms. The van der Waals surface area contributed by atoms with Crippen LogP contribution in [0.25, 0.3) is 0 Å². The Labute approximate surface area is 378 Å². The maximum atomic E-state index is 12.9. The van der Waals surface area contributed by atoms with Gasteiger partial charge >= 0.3 is 0 Å². The molecule has 0 aromatic carbocycles. The first-order chi connectivity index (χ1) is 29.5. The van der Waals surface area contributed by atoms with Crippen LogP contribution in [0.2, 0.25) is 0 Å². The zero-order valence-corrected chi connectivity index (χ0v) is 41.5. The minimum Gasteiger partial charge on any atom is -0.756 e. The fourth-order valence-corrected chi connectivity index (χ4v) is 7.90. The van der Waals surface area contributed by atoms with Crippen molar-refractivity contribution in [2.45, 2.75) is 238 Å². The van der Waals surface area contributed by atoms with Crippen molar-refractivity contribution in [2.24, 2.45) is 0 Å². The Balaban J connectivity index is 4.38. The van der Waals surface area contributed by atoms with Crippen LogP contribution in [0.3, 0.4) is 0 Å². The first-order valence-corrected chi connectivity index (χ1v) is 27.0. The summed E-state index contributed by atoms with van der Waals surface area (Å²) in [5.41, 5.74) is 0. The zero-order chi connectivity index (χ0) is 45.0. The van der Waals surface area contributed by atoms with Crippen LogP contribution in [-0.2, 0) is 18.4 Å². The Morgan fingerprint density at radius 1 is 0.557 bits per heavy atom. The van der Waals surface area contributed by atoms with Crippen molar-refractivity contribution in [1.29, 1.82) is 0 Å². The number of carbonyl (C=O) groups is 1. The number of hydrogen-bond donors (Lipinski definition) is 2. The molecule has 0 bridgehead atoms. The second kappa shape index (κ2) is 43.7. The summed E-state index contributed by atoms with van der Waals surface area (Å²) in [4.78, 5) is 25.4. The maximum absolute atomic E-state index is 12.9. The predicted molar refractivity (Wildman–Crippen MR) is 261 cm³/mol. The summed E-state index contributed by atoms with van der Waals surface area (Å²) >= 11 is 0. The molecule has 358 valence electrons. The molecule has 0 aromatic rings. The zero-order valence-electron chi connectivity index (χ0n) is 40.6. The summed E-state index contributed by atoms with van der Waals surface area (Å²) in [7, 11) is 1.23. The van der Waals surface area contributed by atoms with E-state index in [0.717, 1.165) is 44.9 Å². The van der Waals surface area contributed by atoms with E-state index in [0.29, 0.717) is 17.4 Å². The average molecular weight is 879 g/mol. The molecule has 3 atom stereocenters. The van der Waals surface area contributed by atoms with Crippen LogP contribution < -0.4 is 10.2 Å². The van der Waals surface area contributed by atoms with Crippen molar-refractivity contribution in [1.82, 2.24) is 5.32 Å².